The Kier molecular flexibility index (Phi) is 9.22. The predicted molar refractivity (Wildman–Crippen MR) is 151 cm³/mol. The smallest absolute Gasteiger partial charge is 0.396 e. The first kappa shape index (κ1) is 31.6. The Balaban J connectivity index is 2.02. The van der Waals surface area contributed by atoms with Crippen LogP contribution in [0.15, 0.2) is 41.5 Å². The molecule has 0 aliphatic carbocycles. The number of aryl methyl sites for hydroxylation is 1. The molecule has 0 spiro atoms. The first-order valence-corrected chi connectivity index (χ1v) is 12.6. The summed E-state index contributed by atoms with van der Waals surface area (Å²) in [5, 5.41) is 19.4. The molecule has 8 N–H and O–H groups in total. The van der Waals surface area contributed by atoms with Crippen LogP contribution in [-0.4, -0.2) is 56.7 Å². The van der Waals surface area contributed by atoms with Crippen LogP contribution in [0.2, 0.25) is 0 Å². The Hall–Kier alpha value is -4.97. The van der Waals surface area contributed by atoms with Crippen molar-refractivity contribution >= 4 is 29.0 Å². The summed E-state index contributed by atoms with van der Waals surface area (Å²) in [6.45, 7) is 6.55. The summed E-state index contributed by atoms with van der Waals surface area (Å²) in [6, 6.07) is 8.49. The van der Waals surface area contributed by atoms with Crippen LogP contribution in [0.5, 0.6) is 0 Å². The molecule has 0 aliphatic heterocycles. The summed E-state index contributed by atoms with van der Waals surface area (Å²) in [5.74, 6) is -2.60. The summed E-state index contributed by atoms with van der Waals surface area (Å²) in [7, 11) is 0. The topological polar surface area (TPSA) is 203 Å². The Morgan fingerprint density at radius 2 is 1.88 bits per heavy atom. The molecule has 0 radical (unpaired) electrons. The maximum absolute atomic E-state index is 13.7. The summed E-state index contributed by atoms with van der Waals surface area (Å²) in [4.78, 5) is 34.3. The first-order valence-electron chi connectivity index (χ1n) is 12.6. The summed E-state index contributed by atoms with van der Waals surface area (Å²) in [6.07, 6.45) is -3.41. The number of nitrogens with one attached hydrogen (secondary N) is 2. The lowest BCUT2D eigenvalue weighted by atomic mass is 10.0. The second-order valence-electron chi connectivity index (χ2n) is 10.5. The number of aliphatic imine (C=N–C) groups is 1. The summed E-state index contributed by atoms with van der Waals surface area (Å²) >= 11 is 0. The van der Waals surface area contributed by atoms with Gasteiger partial charge in [0.25, 0.3) is 11.8 Å². The number of hydrogen-bond acceptors (Lipinski definition) is 8. The summed E-state index contributed by atoms with van der Waals surface area (Å²) in [5.41, 5.74) is 17.7. The molecule has 0 bridgehead atoms. The fourth-order valence-electron chi connectivity index (χ4n) is 3.86. The Morgan fingerprint density at radius 3 is 2.48 bits per heavy atom. The molecule has 3 rings (SSSR count). The van der Waals surface area contributed by atoms with Crippen molar-refractivity contribution in [2.45, 2.75) is 51.9 Å². The lowest BCUT2D eigenvalue weighted by Gasteiger charge is -2.22. The Labute approximate surface area is 239 Å². The second kappa shape index (κ2) is 12.3. The molecule has 1 aromatic carbocycles. The van der Waals surface area contributed by atoms with Gasteiger partial charge in [0.2, 0.25) is 5.84 Å². The van der Waals surface area contributed by atoms with Gasteiger partial charge in [-0.3, -0.25) is 14.6 Å². The van der Waals surface area contributed by atoms with Gasteiger partial charge in [0, 0.05) is 24.2 Å². The molecule has 0 fully saturated rings. The number of amidine groups is 1. The van der Waals surface area contributed by atoms with Gasteiger partial charge >= 0.3 is 6.18 Å². The van der Waals surface area contributed by atoms with Gasteiger partial charge in [-0.25, -0.2) is 9.67 Å². The second-order valence-corrected chi connectivity index (χ2v) is 10.5. The SMILES string of the molecule is Cc1cc(C#N)cc(C(=O)NC(C)(C)C)c1NC(=O)c1cc(CC(N)CN=C(N)C(F)(F)F)nn1-c1ncccc1N. The third-order valence-corrected chi connectivity index (χ3v) is 5.70. The molecule has 1 atom stereocenters. The van der Waals surface area contributed by atoms with Gasteiger partial charge in [-0.1, -0.05) is 0 Å². The van der Waals surface area contributed by atoms with Crippen LogP contribution < -0.4 is 27.8 Å². The van der Waals surface area contributed by atoms with E-state index in [-0.39, 0.29) is 46.1 Å². The molecule has 0 aliphatic rings. The molecule has 3 aromatic rings. The van der Waals surface area contributed by atoms with Crippen LogP contribution in [0.25, 0.3) is 5.82 Å². The van der Waals surface area contributed by atoms with Crippen LogP contribution in [0, 0.1) is 18.3 Å². The van der Waals surface area contributed by atoms with Gasteiger partial charge in [0.15, 0.2) is 5.82 Å². The van der Waals surface area contributed by atoms with Crippen LogP contribution in [0.3, 0.4) is 0 Å². The molecule has 1 unspecified atom stereocenters. The van der Waals surface area contributed by atoms with Crippen molar-refractivity contribution in [1.29, 1.82) is 5.26 Å². The van der Waals surface area contributed by atoms with Gasteiger partial charge in [-0.05, 0) is 63.6 Å². The lowest BCUT2D eigenvalue weighted by molar-refractivity contribution is -0.0600. The number of nitrogens with zero attached hydrogens (tertiary/aromatic N) is 5. The number of benzene rings is 1. The van der Waals surface area contributed by atoms with Gasteiger partial charge in [0.1, 0.15) is 5.69 Å². The number of halogens is 3. The van der Waals surface area contributed by atoms with E-state index in [9.17, 15) is 28.0 Å². The van der Waals surface area contributed by atoms with Crippen LogP contribution in [0.1, 0.15) is 58.4 Å². The molecule has 42 heavy (non-hydrogen) atoms. The molecule has 0 saturated carbocycles. The quantitative estimate of drug-likeness (QED) is 0.196. The largest absolute Gasteiger partial charge is 0.448 e. The number of rotatable bonds is 8. The van der Waals surface area contributed by atoms with E-state index in [0.717, 1.165) is 0 Å². The van der Waals surface area contributed by atoms with E-state index >= 15 is 0 Å². The fraction of sp³-hybridized carbons (Fsp3) is 0.333. The number of aromatic nitrogens is 3. The van der Waals surface area contributed by atoms with Crippen LogP contribution in [-0.2, 0) is 6.42 Å². The van der Waals surface area contributed by atoms with Crippen molar-refractivity contribution in [2.75, 3.05) is 17.6 Å². The van der Waals surface area contributed by atoms with Crippen LogP contribution in [0.4, 0.5) is 24.5 Å². The molecule has 222 valence electrons. The average Bonchev–Trinajstić information content (AvgIpc) is 3.30. The van der Waals surface area contributed by atoms with Gasteiger partial charge < -0.3 is 27.8 Å². The van der Waals surface area contributed by atoms with E-state index in [1.807, 2.05) is 6.07 Å². The highest BCUT2D eigenvalue weighted by Gasteiger charge is 2.33. The maximum atomic E-state index is 13.7. The Bertz CT molecular complexity index is 1570. The van der Waals surface area contributed by atoms with Crippen molar-refractivity contribution < 1.29 is 22.8 Å². The highest BCUT2D eigenvalue weighted by atomic mass is 19.4. The van der Waals surface area contributed by atoms with Gasteiger partial charge in [-0.2, -0.15) is 23.5 Å². The number of amides is 2. The molecule has 2 aromatic heterocycles. The number of anilines is 2. The predicted octanol–water partition coefficient (Wildman–Crippen LogP) is 2.60. The van der Waals surface area contributed by atoms with Crippen LogP contribution >= 0.6 is 0 Å². The van der Waals surface area contributed by atoms with Crippen molar-refractivity contribution in [1.82, 2.24) is 20.1 Å². The minimum atomic E-state index is -4.78. The normalized spacial score (nSPS) is 12.9. The van der Waals surface area contributed by atoms with E-state index in [4.69, 9.17) is 17.2 Å². The number of hydrogen-bond donors (Lipinski definition) is 5. The van der Waals surface area contributed by atoms with Crippen molar-refractivity contribution in [3.8, 4) is 11.9 Å². The number of pyridine rings is 1. The maximum Gasteiger partial charge on any atom is 0.448 e. The minimum Gasteiger partial charge on any atom is -0.396 e. The van der Waals surface area contributed by atoms with E-state index in [1.54, 1.807) is 39.8 Å². The number of carbonyl (C=O) groups is 2. The van der Waals surface area contributed by atoms with Crippen molar-refractivity contribution in [2.24, 2.45) is 16.5 Å². The molecular weight excluding hydrogens is 553 g/mol. The highest BCUT2D eigenvalue weighted by Crippen LogP contribution is 2.26. The van der Waals surface area contributed by atoms with Crippen molar-refractivity contribution in [3.63, 3.8) is 0 Å². The monoisotopic (exact) mass is 584 g/mol. The van der Waals surface area contributed by atoms with Gasteiger partial charge in [-0.15, -0.1) is 0 Å². The molecule has 2 amide bonds. The highest BCUT2D eigenvalue weighted by molar-refractivity contribution is 6.09. The first-order chi connectivity index (χ1) is 19.5. The van der Waals surface area contributed by atoms with E-state index in [0.29, 0.717) is 5.56 Å². The lowest BCUT2D eigenvalue weighted by Crippen LogP contribution is -2.41. The van der Waals surface area contributed by atoms with Gasteiger partial charge in [0.05, 0.1) is 40.8 Å². The Morgan fingerprint density at radius 1 is 1.19 bits per heavy atom. The summed E-state index contributed by atoms with van der Waals surface area (Å²) < 4.78 is 39.2. The number of carbonyl (C=O) groups excluding carboxylic acids is 2. The molecule has 15 heteroatoms. The molecule has 0 saturated heterocycles. The zero-order chi connectivity index (χ0) is 31.4. The zero-order valence-corrected chi connectivity index (χ0v) is 23.4. The number of nitrogen functional groups attached to an aromatic ring is 1. The fourth-order valence-corrected chi connectivity index (χ4v) is 3.86. The number of nitriles is 1. The van der Waals surface area contributed by atoms with E-state index in [2.05, 4.69) is 25.7 Å². The van der Waals surface area contributed by atoms with E-state index in [1.165, 1.54) is 29.1 Å². The molecule has 12 nitrogen and oxygen atoms in total. The zero-order valence-electron chi connectivity index (χ0n) is 23.4. The average molecular weight is 585 g/mol. The number of alkyl halides is 3. The van der Waals surface area contributed by atoms with E-state index < -0.39 is 42.0 Å². The third kappa shape index (κ3) is 7.82. The molecular formula is C27H31F3N10O2. The minimum absolute atomic E-state index is 0.0492. The number of nitrogens with two attached hydrogens (primary N) is 3. The standard InChI is InChI=1S/C27H31F3N10O2/c1-14-8-15(12-31)9-18(23(41)38-26(2,3)4)21(14)37-24(42)20-11-17(10-16(32)13-36-25(34)27(28,29)30)39-40(20)22-19(33)6-5-7-35-22/h5-9,11,16H,10,13,32-33H2,1-4H3,(H2,34,36)(H,37,42)(H,38,41). The molecule has 2 heterocycles. The van der Waals surface area contributed by atoms with Crippen molar-refractivity contribution in [3.05, 3.63) is 64.6 Å². The third-order valence-electron chi connectivity index (χ3n) is 5.70.